The highest BCUT2D eigenvalue weighted by molar-refractivity contribution is 7.98. The minimum absolute atomic E-state index is 0.0704. The van der Waals surface area contributed by atoms with Crippen LogP contribution < -0.4 is 4.90 Å². The number of aromatic nitrogens is 2. The van der Waals surface area contributed by atoms with Crippen LogP contribution in [0.3, 0.4) is 0 Å². The van der Waals surface area contributed by atoms with E-state index in [9.17, 15) is 9.18 Å². The van der Waals surface area contributed by atoms with Crippen molar-refractivity contribution in [2.24, 2.45) is 5.41 Å². The van der Waals surface area contributed by atoms with Crippen molar-refractivity contribution in [1.82, 2.24) is 14.9 Å². The predicted octanol–water partition coefficient (Wildman–Crippen LogP) is 5.07. The van der Waals surface area contributed by atoms with Crippen molar-refractivity contribution in [3.8, 4) is 0 Å². The van der Waals surface area contributed by atoms with Crippen LogP contribution in [-0.4, -0.2) is 72.2 Å². The lowest BCUT2D eigenvalue weighted by Gasteiger charge is -2.44. The van der Waals surface area contributed by atoms with Crippen molar-refractivity contribution in [1.29, 1.82) is 0 Å². The smallest absolute Gasteiger partial charge is 0.410 e. The number of rotatable bonds is 4. The Balaban J connectivity index is 1.40. The van der Waals surface area contributed by atoms with Gasteiger partial charge in [-0.15, -0.1) is 0 Å². The molecule has 1 aromatic carbocycles. The molecule has 2 heterocycles. The number of carbonyl (C=O) groups is 1. The van der Waals surface area contributed by atoms with Crippen LogP contribution in [0.25, 0.3) is 0 Å². The van der Waals surface area contributed by atoms with E-state index in [0.717, 1.165) is 66.3 Å². The van der Waals surface area contributed by atoms with Gasteiger partial charge in [-0.3, -0.25) is 4.90 Å². The quantitative estimate of drug-likeness (QED) is 0.395. The molecule has 3 aliphatic rings. The molecule has 7 nitrogen and oxygen atoms in total. The van der Waals surface area contributed by atoms with Crippen molar-refractivity contribution < 1.29 is 18.7 Å². The molecule has 5 rings (SSSR count). The van der Waals surface area contributed by atoms with Crippen molar-refractivity contribution in [2.45, 2.75) is 76.1 Å². The van der Waals surface area contributed by atoms with Crippen LogP contribution in [-0.2, 0) is 35.2 Å². The first-order valence-electron chi connectivity index (χ1n) is 13.5. The lowest BCUT2D eigenvalue weighted by Crippen LogP contribution is -2.58. The fourth-order valence-corrected chi connectivity index (χ4v) is 6.70. The second-order valence-corrected chi connectivity index (χ2v) is 12.7. The van der Waals surface area contributed by atoms with Crippen LogP contribution in [0.5, 0.6) is 0 Å². The highest BCUT2D eigenvalue weighted by Gasteiger charge is 2.41. The second-order valence-electron chi connectivity index (χ2n) is 11.9. The number of benzene rings is 1. The first kappa shape index (κ1) is 27.2. The molecule has 206 valence electrons. The van der Waals surface area contributed by atoms with Gasteiger partial charge in [0.05, 0.1) is 18.3 Å². The summed E-state index contributed by atoms with van der Waals surface area (Å²) in [6.45, 7) is 7.93. The van der Waals surface area contributed by atoms with Crippen molar-refractivity contribution in [2.75, 3.05) is 44.5 Å². The van der Waals surface area contributed by atoms with Gasteiger partial charge in [0.1, 0.15) is 17.2 Å². The largest absolute Gasteiger partial charge is 0.444 e. The average Bonchev–Trinajstić information content (AvgIpc) is 2.87. The number of piperazine rings is 1. The van der Waals surface area contributed by atoms with E-state index in [1.54, 1.807) is 29.8 Å². The molecule has 1 amide bonds. The van der Waals surface area contributed by atoms with Gasteiger partial charge in [-0.05, 0) is 88.2 Å². The minimum Gasteiger partial charge on any atom is -0.444 e. The van der Waals surface area contributed by atoms with Crippen LogP contribution in [0.2, 0.25) is 0 Å². The summed E-state index contributed by atoms with van der Waals surface area (Å²) in [7, 11) is 1.66. The van der Waals surface area contributed by atoms with E-state index < -0.39 is 5.60 Å². The van der Waals surface area contributed by atoms with Gasteiger partial charge >= 0.3 is 6.09 Å². The molecular weight excluding hydrogens is 503 g/mol. The maximum Gasteiger partial charge on any atom is 0.410 e. The molecule has 2 aliphatic carbocycles. The van der Waals surface area contributed by atoms with E-state index >= 15 is 0 Å². The molecule has 1 aromatic heterocycles. The number of thioether (sulfide) groups is 1. The summed E-state index contributed by atoms with van der Waals surface area (Å²) >= 11 is 1.56. The van der Waals surface area contributed by atoms with Gasteiger partial charge in [0.25, 0.3) is 0 Å². The fraction of sp³-hybridized carbons (Fsp3) is 0.621. The first-order chi connectivity index (χ1) is 18.1. The highest BCUT2D eigenvalue weighted by atomic mass is 32.2. The van der Waals surface area contributed by atoms with Crippen molar-refractivity contribution in [3.05, 3.63) is 46.4 Å². The summed E-state index contributed by atoms with van der Waals surface area (Å²) in [5.41, 5.74) is 3.96. The SMILES string of the molecule is COC[C@H]1CN(c2nc(SC)nc3c2CC[C@]2(CCc4c(F)cccc4C2)C3)CCN1C(=O)OC(C)(C)C. The first-order valence-corrected chi connectivity index (χ1v) is 14.8. The Bertz CT molecular complexity index is 1200. The van der Waals surface area contributed by atoms with E-state index in [-0.39, 0.29) is 23.4 Å². The lowest BCUT2D eigenvalue weighted by molar-refractivity contribution is 0.00334. The van der Waals surface area contributed by atoms with Crippen LogP contribution in [0, 0.1) is 11.2 Å². The zero-order chi connectivity index (χ0) is 27.1. The Labute approximate surface area is 229 Å². The molecule has 38 heavy (non-hydrogen) atoms. The maximum absolute atomic E-state index is 14.4. The van der Waals surface area contributed by atoms with Crippen molar-refractivity contribution >= 4 is 23.7 Å². The third-order valence-corrected chi connectivity index (χ3v) is 8.68. The molecule has 0 radical (unpaired) electrons. The normalized spacial score (nSPS) is 23.3. The molecule has 0 unspecified atom stereocenters. The molecule has 0 saturated carbocycles. The maximum atomic E-state index is 14.4. The third kappa shape index (κ3) is 5.50. The fourth-order valence-electron chi connectivity index (χ4n) is 6.32. The monoisotopic (exact) mass is 542 g/mol. The van der Waals surface area contributed by atoms with Gasteiger partial charge < -0.3 is 14.4 Å². The number of fused-ring (bicyclic) bond motifs is 2. The Morgan fingerprint density at radius 2 is 1.92 bits per heavy atom. The minimum atomic E-state index is -0.549. The molecule has 9 heteroatoms. The number of halogens is 1. The summed E-state index contributed by atoms with van der Waals surface area (Å²) in [5, 5.41) is 0.774. The van der Waals surface area contributed by atoms with Gasteiger partial charge in [-0.1, -0.05) is 23.9 Å². The molecule has 1 saturated heterocycles. The Morgan fingerprint density at radius 3 is 2.63 bits per heavy atom. The number of methoxy groups -OCH3 is 1. The number of hydrogen-bond acceptors (Lipinski definition) is 7. The number of ether oxygens (including phenoxy) is 2. The molecule has 1 aliphatic heterocycles. The molecule has 1 fully saturated rings. The zero-order valence-electron chi connectivity index (χ0n) is 23.2. The molecule has 2 atom stereocenters. The van der Waals surface area contributed by atoms with Gasteiger partial charge in [-0.2, -0.15) is 0 Å². The Morgan fingerprint density at radius 1 is 1.16 bits per heavy atom. The average molecular weight is 543 g/mol. The highest BCUT2D eigenvalue weighted by Crippen LogP contribution is 2.47. The van der Waals surface area contributed by atoms with E-state index in [1.165, 1.54) is 5.56 Å². The van der Waals surface area contributed by atoms with Gasteiger partial charge in [0.2, 0.25) is 0 Å². The molecule has 0 N–H and O–H groups in total. The predicted molar refractivity (Wildman–Crippen MR) is 148 cm³/mol. The summed E-state index contributed by atoms with van der Waals surface area (Å²) < 4.78 is 25.6. The van der Waals surface area contributed by atoms with Crippen LogP contribution >= 0.6 is 11.8 Å². The molecular formula is C29H39FN4O3S. The Hall–Kier alpha value is -2.39. The van der Waals surface area contributed by atoms with Crippen LogP contribution in [0.15, 0.2) is 23.4 Å². The number of hydrogen-bond donors (Lipinski definition) is 0. The third-order valence-electron chi connectivity index (χ3n) is 8.14. The molecule has 1 spiro atoms. The summed E-state index contributed by atoms with van der Waals surface area (Å²) in [5.74, 6) is 0.917. The number of amides is 1. The van der Waals surface area contributed by atoms with Gasteiger partial charge in [-0.25, -0.2) is 19.2 Å². The van der Waals surface area contributed by atoms with E-state index in [2.05, 4.69) is 11.0 Å². The van der Waals surface area contributed by atoms with Crippen molar-refractivity contribution in [3.63, 3.8) is 0 Å². The van der Waals surface area contributed by atoms with Gasteiger partial charge in [0, 0.05) is 32.3 Å². The second kappa shape index (κ2) is 10.6. The van der Waals surface area contributed by atoms with E-state index in [1.807, 2.05) is 33.1 Å². The standard InChI is InChI=1S/C29H39FN4O3S/c1-28(2,3)37-27(35)34-14-13-33(17-20(34)18-36-4)25-22-10-12-29(16-24(22)31-26(32-25)38-5)11-9-21-19(15-29)7-6-8-23(21)30/h6-8,20H,9-18H2,1-5H3/t20-,29+/m1/s1. The summed E-state index contributed by atoms with van der Waals surface area (Å²) in [4.78, 5) is 27.0. The number of carbonyl (C=O) groups excluding carboxylic acids is 1. The van der Waals surface area contributed by atoms with Crippen LogP contribution in [0.1, 0.15) is 56.0 Å². The van der Waals surface area contributed by atoms with Crippen LogP contribution in [0.4, 0.5) is 15.0 Å². The summed E-state index contributed by atoms with van der Waals surface area (Å²) in [6.07, 6.45) is 7.23. The molecule has 0 bridgehead atoms. The lowest BCUT2D eigenvalue weighted by atomic mass is 9.63. The number of anilines is 1. The van der Waals surface area contributed by atoms with E-state index in [4.69, 9.17) is 19.4 Å². The summed E-state index contributed by atoms with van der Waals surface area (Å²) in [6, 6.07) is 5.37. The molecule has 2 aromatic rings. The Kier molecular flexibility index (Phi) is 7.61. The van der Waals surface area contributed by atoms with Gasteiger partial charge in [0.15, 0.2) is 5.16 Å². The van der Waals surface area contributed by atoms with E-state index in [0.29, 0.717) is 26.2 Å². The zero-order valence-corrected chi connectivity index (χ0v) is 24.0. The number of nitrogens with zero attached hydrogens (tertiary/aromatic N) is 4. The topological polar surface area (TPSA) is 67.8 Å².